The molecule has 384 valence electrons. The number of hydrogen-bond acceptors (Lipinski definition) is 15. The van der Waals surface area contributed by atoms with Gasteiger partial charge in [0.2, 0.25) is 29.6 Å². The molecule has 0 radical (unpaired) electrons. The van der Waals surface area contributed by atoms with Gasteiger partial charge in [-0.2, -0.15) is 4.98 Å². The number of fused-ring (bicyclic) bond motifs is 2. The zero-order chi connectivity index (χ0) is 51.3. The number of nitrogens with zero attached hydrogens (tertiary/aromatic N) is 9. The molecule has 4 fully saturated rings. The van der Waals surface area contributed by atoms with Crippen LogP contribution in [0.3, 0.4) is 0 Å². The number of hydrogen-bond donors (Lipinski definition) is 3. The summed E-state index contributed by atoms with van der Waals surface area (Å²) in [5, 5.41) is 9.79. The Morgan fingerprint density at radius 3 is 2.27 bits per heavy atom. The fourth-order valence-electron chi connectivity index (χ4n) is 11.5. The number of benzene rings is 3. The van der Waals surface area contributed by atoms with Gasteiger partial charge >= 0.3 is 0 Å². The van der Waals surface area contributed by atoms with Gasteiger partial charge in [0.25, 0.3) is 0 Å². The summed E-state index contributed by atoms with van der Waals surface area (Å²) in [7, 11) is -1.12. The molecule has 18 nitrogen and oxygen atoms in total. The van der Waals surface area contributed by atoms with E-state index in [-0.39, 0.29) is 30.1 Å². The number of piperazine rings is 1. The first-order valence-electron chi connectivity index (χ1n) is 25.4. The monoisotopic (exact) mass is 1070 g/mol. The molecular weight excluding hydrogens is 1010 g/mol. The number of methoxy groups -OCH3 is 1. The van der Waals surface area contributed by atoms with E-state index in [1.165, 1.54) is 5.56 Å². The van der Waals surface area contributed by atoms with Gasteiger partial charge in [-0.25, -0.2) is 4.98 Å². The second-order valence-electron chi connectivity index (χ2n) is 20.7. The lowest BCUT2D eigenvalue weighted by molar-refractivity contribution is -0.138. The molecule has 3 N–H and O–H groups in total. The Hall–Kier alpha value is -6.17. The van der Waals surface area contributed by atoms with Gasteiger partial charge in [-0.1, -0.05) is 6.92 Å². The van der Waals surface area contributed by atoms with E-state index in [1.54, 1.807) is 43.9 Å². The highest BCUT2D eigenvalue weighted by Gasteiger charge is 2.49. The third kappa shape index (κ3) is 9.87. The van der Waals surface area contributed by atoms with Gasteiger partial charge in [-0.05, 0) is 129 Å². The van der Waals surface area contributed by atoms with Crippen molar-refractivity contribution < 1.29 is 28.5 Å². The Labute approximate surface area is 434 Å². The molecule has 7 heterocycles. The maximum absolute atomic E-state index is 13.9. The van der Waals surface area contributed by atoms with Crippen LogP contribution in [-0.2, 0) is 35.6 Å². The molecule has 0 spiro atoms. The molecule has 10 rings (SSSR count). The topological polar surface area (TPSA) is 198 Å². The number of aryl methyl sites for hydroxylation is 1. The summed E-state index contributed by atoms with van der Waals surface area (Å²) in [6.45, 7) is 15.9. The van der Waals surface area contributed by atoms with Crippen molar-refractivity contribution in [2.24, 2.45) is 5.92 Å². The molecule has 1 atom stereocenters. The van der Waals surface area contributed by atoms with Crippen LogP contribution in [0.2, 0.25) is 0 Å². The molecule has 0 aliphatic carbocycles. The fraction of sp³-hybridized carbons (Fsp3) is 0.472. The second kappa shape index (κ2) is 20.3. The van der Waals surface area contributed by atoms with Gasteiger partial charge in [0.15, 0.2) is 0 Å². The summed E-state index contributed by atoms with van der Waals surface area (Å²) >= 11 is 3.60. The van der Waals surface area contributed by atoms with Crippen LogP contribution in [0.5, 0.6) is 5.75 Å². The predicted octanol–water partition coefficient (Wildman–Crippen LogP) is 6.95. The number of aromatic nitrogens is 4. The third-order valence-electron chi connectivity index (χ3n) is 15.5. The second-order valence-corrected chi connectivity index (χ2v) is 24.7. The molecule has 1 unspecified atom stereocenters. The fourth-order valence-corrected chi connectivity index (χ4v) is 13.2. The molecule has 3 aromatic carbocycles. The van der Waals surface area contributed by atoms with E-state index in [0.29, 0.717) is 56.5 Å². The number of imide groups is 1. The highest BCUT2D eigenvalue weighted by molar-refractivity contribution is 9.10. The average Bonchev–Trinajstić information content (AvgIpc) is 3.59. The minimum atomic E-state index is -2.79. The SMILES string of the molecule is CCc1cc(Nc2ncc(Br)c(Nc3ccc4nccnc4c3P(C)(C)=O)n2)c(OC)cc1N1CCC(N2CCN(C(=O)C3CCN(c4ccc5c(c4)C(C)(C)C(=O)N5C4CCC(=O)NC4=O)CC3)CC2)CC1. The van der Waals surface area contributed by atoms with Crippen molar-refractivity contribution in [2.75, 3.05) is 98.1 Å². The molecule has 0 bridgehead atoms. The summed E-state index contributed by atoms with van der Waals surface area (Å²) < 4.78 is 20.2. The molecule has 4 amide bonds. The standard InChI is InChI=1S/C53H64BrN12O6P/c1-7-32-28-40(59-52-57-31-37(54)48(61-52)58-39-10-9-38-46(56-19-18-55-38)47(39)73(5,6)71)44(72-4)30-43(32)64-22-16-34(17-23-64)63-24-26-65(27-25-63)50(69)33-14-20-62(21-15-33)35-8-11-41-36(29-35)53(2,3)51(70)66(41)42-12-13-45(67)60-49(42)68/h8-11,18-19,28-31,33-34,42H,7,12-17,20-27H2,1-6H3,(H,60,67,68)(H2,57,58,59,61). The molecular formula is C53H64BrN12O6P. The lowest BCUT2D eigenvalue weighted by Crippen LogP contribution is -2.55. The zero-order valence-electron chi connectivity index (χ0n) is 42.4. The molecule has 5 aliphatic rings. The van der Waals surface area contributed by atoms with Crippen LogP contribution in [0.15, 0.2) is 65.5 Å². The summed E-state index contributed by atoms with van der Waals surface area (Å²) in [6, 6.07) is 13.7. The van der Waals surface area contributed by atoms with Gasteiger partial charge < -0.3 is 34.6 Å². The van der Waals surface area contributed by atoms with Crippen LogP contribution in [0.25, 0.3) is 11.0 Å². The number of amides is 4. The lowest BCUT2D eigenvalue weighted by Gasteiger charge is -2.44. The van der Waals surface area contributed by atoms with E-state index < -0.39 is 24.5 Å². The molecule has 4 saturated heterocycles. The van der Waals surface area contributed by atoms with Crippen molar-refractivity contribution in [2.45, 2.75) is 83.2 Å². The summed E-state index contributed by atoms with van der Waals surface area (Å²) in [6.07, 6.45) is 9.84. The molecule has 73 heavy (non-hydrogen) atoms. The summed E-state index contributed by atoms with van der Waals surface area (Å²) in [5.41, 5.74) is 6.80. The van der Waals surface area contributed by atoms with Gasteiger partial charge in [0, 0.05) is 112 Å². The quantitative estimate of drug-likeness (QED) is 0.0857. The normalized spacial score (nSPS) is 20.1. The van der Waals surface area contributed by atoms with Gasteiger partial charge in [0.05, 0.1) is 39.2 Å². The third-order valence-corrected chi connectivity index (χ3v) is 17.6. The number of nitrogens with one attached hydrogen (secondary N) is 3. The van der Waals surface area contributed by atoms with Crippen molar-refractivity contribution in [3.8, 4) is 5.75 Å². The van der Waals surface area contributed by atoms with Gasteiger partial charge in [-0.3, -0.25) is 44.3 Å². The Bertz CT molecular complexity index is 3040. The Kier molecular flexibility index (Phi) is 14.0. The number of rotatable bonds is 12. The van der Waals surface area contributed by atoms with Crippen LogP contribution in [0.4, 0.5) is 40.2 Å². The number of ether oxygens (including phenoxy) is 1. The molecule has 2 aromatic heterocycles. The lowest BCUT2D eigenvalue weighted by atomic mass is 9.85. The first kappa shape index (κ1) is 50.4. The van der Waals surface area contributed by atoms with Crippen molar-refractivity contribution in [1.82, 2.24) is 35.1 Å². The van der Waals surface area contributed by atoms with E-state index >= 15 is 0 Å². The minimum Gasteiger partial charge on any atom is -0.494 e. The largest absolute Gasteiger partial charge is 0.494 e. The smallest absolute Gasteiger partial charge is 0.249 e. The number of carbonyl (C=O) groups excluding carboxylic acids is 4. The molecule has 5 aromatic rings. The number of halogens is 1. The highest BCUT2D eigenvalue weighted by Crippen LogP contribution is 2.46. The minimum absolute atomic E-state index is 0.0189. The first-order valence-corrected chi connectivity index (χ1v) is 28.8. The molecule has 20 heteroatoms. The van der Waals surface area contributed by atoms with Gasteiger partial charge in [-0.15, -0.1) is 0 Å². The maximum Gasteiger partial charge on any atom is 0.249 e. The predicted molar refractivity (Wildman–Crippen MR) is 289 cm³/mol. The first-order chi connectivity index (χ1) is 35.0. The van der Waals surface area contributed by atoms with E-state index in [2.05, 4.69) is 91.6 Å². The zero-order valence-corrected chi connectivity index (χ0v) is 44.9. The number of carbonyl (C=O) groups is 4. The van der Waals surface area contributed by atoms with E-state index in [0.717, 1.165) is 113 Å². The highest BCUT2D eigenvalue weighted by atomic mass is 79.9. The average molecular weight is 1080 g/mol. The number of piperidine rings is 3. The summed E-state index contributed by atoms with van der Waals surface area (Å²) in [5.74, 6) is 0.916. The number of anilines is 7. The maximum atomic E-state index is 13.9. The van der Waals surface area contributed by atoms with Crippen molar-refractivity contribution in [1.29, 1.82) is 0 Å². The van der Waals surface area contributed by atoms with Crippen LogP contribution in [-0.4, -0.2) is 138 Å². The Morgan fingerprint density at radius 1 is 0.849 bits per heavy atom. The molecule has 0 saturated carbocycles. The van der Waals surface area contributed by atoms with Crippen molar-refractivity contribution in [3.63, 3.8) is 0 Å². The summed E-state index contributed by atoms with van der Waals surface area (Å²) in [4.78, 5) is 81.6. The Balaban J connectivity index is 0.723. The van der Waals surface area contributed by atoms with Crippen LogP contribution < -0.4 is 40.7 Å². The Morgan fingerprint density at radius 2 is 1.58 bits per heavy atom. The van der Waals surface area contributed by atoms with Crippen molar-refractivity contribution in [3.05, 3.63) is 76.7 Å². The molecule has 5 aliphatic heterocycles. The van der Waals surface area contributed by atoms with Crippen LogP contribution in [0.1, 0.15) is 70.4 Å². The van der Waals surface area contributed by atoms with Crippen LogP contribution >= 0.6 is 23.1 Å². The van der Waals surface area contributed by atoms with E-state index in [4.69, 9.17) is 9.72 Å². The van der Waals surface area contributed by atoms with E-state index in [1.807, 2.05) is 38.1 Å². The van der Waals surface area contributed by atoms with Gasteiger partial charge in [0.1, 0.15) is 30.3 Å². The van der Waals surface area contributed by atoms with Crippen LogP contribution in [0, 0.1) is 5.92 Å². The van der Waals surface area contributed by atoms with E-state index in [9.17, 15) is 23.7 Å². The van der Waals surface area contributed by atoms with Crippen molar-refractivity contribution >= 4 is 103 Å².